The predicted octanol–water partition coefficient (Wildman–Crippen LogP) is 1.03. The number of hydrogen-bond donors (Lipinski definition) is 1. The fourth-order valence-electron chi connectivity index (χ4n) is 1.89. The zero-order chi connectivity index (χ0) is 11.1. The minimum atomic E-state index is -0.477. The third-order valence-corrected chi connectivity index (χ3v) is 3.44. The maximum absolute atomic E-state index is 9.85. The van der Waals surface area contributed by atoms with Gasteiger partial charge >= 0.3 is 0 Å². The number of likely N-dealkylation sites (tertiary alicyclic amines) is 1. The van der Waals surface area contributed by atoms with Crippen LogP contribution in [-0.4, -0.2) is 38.2 Å². The van der Waals surface area contributed by atoms with Crippen LogP contribution in [0.15, 0.2) is 6.20 Å². The normalized spacial score (nSPS) is 20.3. The summed E-state index contributed by atoms with van der Waals surface area (Å²) in [7, 11) is 1.90. The molecule has 0 atom stereocenters. The Morgan fingerprint density at radius 3 is 2.73 bits per heavy atom. The first-order valence-corrected chi connectivity index (χ1v) is 5.53. The molecule has 1 aromatic heterocycles. The van der Waals surface area contributed by atoms with Crippen LogP contribution < -0.4 is 0 Å². The molecular weight excluding hydrogens is 214 g/mol. The number of aliphatic hydroxyl groups is 1. The molecule has 1 aliphatic rings. The molecule has 5 heteroatoms. The molecule has 84 valence electrons. The van der Waals surface area contributed by atoms with E-state index >= 15 is 0 Å². The van der Waals surface area contributed by atoms with Gasteiger partial charge in [-0.3, -0.25) is 4.90 Å². The summed E-state index contributed by atoms with van der Waals surface area (Å²) in [5.74, 6) is 0.943. The van der Waals surface area contributed by atoms with Gasteiger partial charge in [0.25, 0.3) is 0 Å². The molecule has 1 aliphatic heterocycles. The summed E-state index contributed by atoms with van der Waals surface area (Å²) >= 11 is 5.89. The lowest BCUT2D eigenvalue weighted by atomic mass is 9.91. The second kappa shape index (κ2) is 3.77. The summed E-state index contributed by atoms with van der Waals surface area (Å²) < 4.78 is 1.87. The Morgan fingerprint density at radius 2 is 2.27 bits per heavy atom. The minimum Gasteiger partial charge on any atom is -0.387 e. The summed E-state index contributed by atoms with van der Waals surface area (Å²) in [6.07, 6.45) is 2.47. The van der Waals surface area contributed by atoms with E-state index in [1.807, 2.05) is 18.5 Å². The van der Waals surface area contributed by atoms with E-state index in [-0.39, 0.29) is 0 Å². The second-order valence-corrected chi connectivity index (χ2v) is 4.67. The zero-order valence-electron chi connectivity index (χ0n) is 9.07. The van der Waals surface area contributed by atoms with Crippen LogP contribution in [0.5, 0.6) is 0 Å². The van der Waals surface area contributed by atoms with E-state index in [1.54, 1.807) is 6.20 Å². The summed E-state index contributed by atoms with van der Waals surface area (Å²) in [4.78, 5) is 6.39. The Bertz CT molecular complexity index is 358. The smallest absolute Gasteiger partial charge is 0.128 e. The van der Waals surface area contributed by atoms with Crippen molar-refractivity contribution in [3.63, 3.8) is 0 Å². The molecule has 0 radical (unpaired) electrons. The first kappa shape index (κ1) is 10.9. The van der Waals surface area contributed by atoms with Gasteiger partial charge in [0.2, 0.25) is 0 Å². The molecule has 1 fully saturated rings. The van der Waals surface area contributed by atoms with Gasteiger partial charge in [-0.25, -0.2) is 4.98 Å². The van der Waals surface area contributed by atoms with Crippen LogP contribution >= 0.6 is 11.6 Å². The monoisotopic (exact) mass is 229 g/mol. The van der Waals surface area contributed by atoms with E-state index in [0.29, 0.717) is 5.15 Å². The van der Waals surface area contributed by atoms with Gasteiger partial charge in [-0.05, 0) is 6.42 Å². The maximum atomic E-state index is 9.85. The Labute approximate surface area is 94.5 Å². The van der Waals surface area contributed by atoms with Gasteiger partial charge < -0.3 is 9.67 Å². The van der Waals surface area contributed by atoms with Crippen molar-refractivity contribution in [3.05, 3.63) is 17.2 Å². The maximum Gasteiger partial charge on any atom is 0.128 e. The summed E-state index contributed by atoms with van der Waals surface area (Å²) in [6.45, 7) is 4.22. The molecule has 0 aliphatic carbocycles. The quantitative estimate of drug-likeness (QED) is 0.842. The van der Waals surface area contributed by atoms with Gasteiger partial charge in [0.05, 0.1) is 18.3 Å². The Balaban J connectivity index is 1.93. The molecular formula is C10H16ClN3O. The van der Waals surface area contributed by atoms with Crippen LogP contribution in [-0.2, 0) is 13.6 Å². The number of halogens is 1. The molecule has 0 spiro atoms. The molecule has 1 aromatic rings. The number of nitrogens with zero attached hydrogens (tertiary/aromatic N) is 3. The average Bonchev–Trinajstić information content (AvgIpc) is 2.47. The fraction of sp³-hybridized carbons (Fsp3) is 0.700. The van der Waals surface area contributed by atoms with Crippen molar-refractivity contribution < 1.29 is 5.11 Å². The van der Waals surface area contributed by atoms with E-state index in [4.69, 9.17) is 11.6 Å². The summed E-state index contributed by atoms with van der Waals surface area (Å²) in [5, 5.41) is 10.5. The molecule has 15 heavy (non-hydrogen) atoms. The van der Waals surface area contributed by atoms with Crippen LogP contribution in [0, 0.1) is 0 Å². The standard InChI is InChI=1S/C10H16ClN3O/c1-3-10(15)6-14(7-10)5-9-12-4-8(11)13(9)2/h4,15H,3,5-7H2,1-2H3. The lowest BCUT2D eigenvalue weighted by molar-refractivity contribution is -0.104. The highest BCUT2D eigenvalue weighted by Gasteiger charge is 2.39. The fourth-order valence-corrected chi connectivity index (χ4v) is 2.04. The number of β-amino-alcohol motifs (C(OH)–C–C–N with tert-alkyl or cyclic N) is 1. The Hall–Kier alpha value is -0.580. The second-order valence-electron chi connectivity index (χ2n) is 4.28. The molecule has 1 saturated heterocycles. The van der Waals surface area contributed by atoms with Gasteiger partial charge in [0, 0.05) is 20.1 Å². The van der Waals surface area contributed by atoms with Crippen molar-refractivity contribution in [1.29, 1.82) is 0 Å². The van der Waals surface area contributed by atoms with Crippen LogP contribution in [0.25, 0.3) is 0 Å². The summed E-state index contributed by atoms with van der Waals surface area (Å²) in [5.41, 5.74) is -0.477. The lowest BCUT2D eigenvalue weighted by Gasteiger charge is -2.45. The van der Waals surface area contributed by atoms with Crippen LogP contribution in [0.3, 0.4) is 0 Å². The van der Waals surface area contributed by atoms with Crippen LogP contribution in [0.2, 0.25) is 5.15 Å². The first-order valence-electron chi connectivity index (χ1n) is 5.15. The minimum absolute atomic E-state index is 0.477. The molecule has 0 saturated carbocycles. The third-order valence-electron chi connectivity index (χ3n) is 3.09. The SMILES string of the molecule is CCC1(O)CN(Cc2ncc(Cl)n2C)C1. The Kier molecular flexibility index (Phi) is 2.75. The van der Waals surface area contributed by atoms with E-state index < -0.39 is 5.60 Å². The summed E-state index contributed by atoms with van der Waals surface area (Å²) in [6, 6.07) is 0. The average molecular weight is 230 g/mol. The highest BCUT2D eigenvalue weighted by molar-refractivity contribution is 6.29. The van der Waals surface area contributed by atoms with Crippen molar-refractivity contribution in [2.75, 3.05) is 13.1 Å². The molecule has 0 bridgehead atoms. The van der Waals surface area contributed by atoms with Crippen molar-refractivity contribution in [2.24, 2.45) is 7.05 Å². The number of hydrogen-bond acceptors (Lipinski definition) is 3. The van der Waals surface area contributed by atoms with Gasteiger partial charge in [-0.1, -0.05) is 18.5 Å². The highest BCUT2D eigenvalue weighted by atomic mass is 35.5. The largest absolute Gasteiger partial charge is 0.387 e. The number of imidazole rings is 1. The van der Waals surface area contributed by atoms with Crippen molar-refractivity contribution >= 4 is 11.6 Å². The van der Waals surface area contributed by atoms with Crippen molar-refractivity contribution in [2.45, 2.75) is 25.5 Å². The molecule has 0 unspecified atom stereocenters. The number of aromatic nitrogens is 2. The Morgan fingerprint density at radius 1 is 1.60 bits per heavy atom. The van der Waals surface area contributed by atoms with Crippen LogP contribution in [0.1, 0.15) is 19.2 Å². The van der Waals surface area contributed by atoms with E-state index in [2.05, 4.69) is 9.88 Å². The van der Waals surface area contributed by atoms with Crippen molar-refractivity contribution in [1.82, 2.24) is 14.5 Å². The lowest BCUT2D eigenvalue weighted by Crippen LogP contribution is -2.60. The van der Waals surface area contributed by atoms with E-state index in [9.17, 15) is 5.11 Å². The van der Waals surface area contributed by atoms with Gasteiger partial charge in [-0.2, -0.15) is 0 Å². The molecule has 1 N–H and O–H groups in total. The van der Waals surface area contributed by atoms with Crippen molar-refractivity contribution in [3.8, 4) is 0 Å². The van der Waals surface area contributed by atoms with Gasteiger partial charge in [-0.15, -0.1) is 0 Å². The predicted molar refractivity (Wildman–Crippen MR) is 58.7 cm³/mol. The first-order chi connectivity index (χ1) is 7.04. The van der Waals surface area contributed by atoms with E-state index in [0.717, 1.165) is 31.9 Å². The highest BCUT2D eigenvalue weighted by Crippen LogP contribution is 2.25. The van der Waals surface area contributed by atoms with Gasteiger partial charge in [0.15, 0.2) is 0 Å². The molecule has 4 nitrogen and oxygen atoms in total. The third kappa shape index (κ3) is 2.02. The topological polar surface area (TPSA) is 41.3 Å². The molecule has 0 amide bonds. The molecule has 2 rings (SSSR count). The molecule has 2 heterocycles. The van der Waals surface area contributed by atoms with Gasteiger partial charge in [0.1, 0.15) is 11.0 Å². The van der Waals surface area contributed by atoms with E-state index in [1.165, 1.54) is 0 Å². The van der Waals surface area contributed by atoms with Crippen LogP contribution in [0.4, 0.5) is 0 Å². The number of rotatable bonds is 3. The molecule has 0 aromatic carbocycles. The zero-order valence-corrected chi connectivity index (χ0v) is 9.83.